The summed E-state index contributed by atoms with van der Waals surface area (Å²) < 4.78 is 1.82. The number of benzene rings is 1. The molecule has 100 valence electrons. The van der Waals surface area contributed by atoms with E-state index in [-0.39, 0.29) is 11.6 Å². The highest BCUT2D eigenvalue weighted by Crippen LogP contribution is 2.38. The van der Waals surface area contributed by atoms with Crippen molar-refractivity contribution in [3.05, 3.63) is 40.7 Å². The Kier molecular flexibility index (Phi) is 3.27. The number of thioether (sulfide) groups is 1. The number of hydrogen-bond donors (Lipinski definition) is 1. The van der Waals surface area contributed by atoms with Crippen LogP contribution < -0.4 is 11.3 Å². The third kappa shape index (κ3) is 2.04. The fraction of sp³-hybridized carbons (Fsp3) is 0.400. The van der Waals surface area contributed by atoms with Crippen LogP contribution in [0.5, 0.6) is 0 Å². The molecule has 0 radical (unpaired) electrons. The van der Waals surface area contributed by atoms with E-state index in [0.717, 1.165) is 17.2 Å². The molecule has 0 amide bonds. The number of nitrogen functional groups attached to an aromatic ring is 1. The topological polar surface area (TPSA) is 48.0 Å². The van der Waals surface area contributed by atoms with Crippen LogP contribution in [0.2, 0.25) is 0 Å². The zero-order chi connectivity index (χ0) is 13.4. The second-order valence-corrected chi connectivity index (χ2v) is 6.18. The van der Waals surface area contributed by atoms with Crippen molar-refractivity contribution in [1.82, 2.24) is 4.57 Å². The zero-order valence-electron chi connectivity index (χ0n) is 11.0. The summed E-state index contributed by atoms with van der Waals surface area (Å²) in [5.74, 6) is 0.592. The fourth-order valence-corrected chi connectivity index (χ4v) is 4.09. The lowest BCUT2D eigenvalue weighted by Crippen LogP contribution is -2.30. The number of aromatic nitrogens is 1. The van der Waals surface area contributed by atoms with Crippen LogP contribution in [0.25, 0.3) is 10.8 Å². The van der Waals surface area contributed by atoms with Crippen LogP contribution in [0.4, 0.5) is 5.82 Å². The Balaban J connectivity index is 2.21. The van der Waals surface area contributed by atoms with Crippen molar-refractivity contribution < 1.29 is 0 Å². The highest BCUT2D eigenvalue weighted by Gasteiger charge is 2.30. The van der Waals surface area contributed by atoms with Crippen LogP contribution >= 0.6 is 11.8 Å². The number of rotatable bonds is 2. The maximum atomic E-state index is 12.7. The number of nitrogens with two attached hydrogens (primary N) is 1. The van der Waals surface area contributed by atoms with E-state index in [2.05, 4.69) is 6.26 Å². The molecular weight excluding hydrogens is 256 g/mol. The molecule has 2 atom stereocenters. The van der Waals surface area contributed by atoms with Crippen molar-refractivity contribution in [1.29, 1.82) is 0 Å². The van der Waals surface area contributed by atoms with Gasteiger partial charge in [0.15, 0.2) is 0 Å². The molecule has 0 bridgehead atoms. The van der Waals surface area contributed by atoms with Gasteiger partial charge in [-0.15, -0.1) is 0 Å². The second kappa shape index (κ2) is 4.93. The van der Waals surface area contributed by atoms with Gasteiger partial charge >= 0.3 is 0 Å². The van der Waals surface area contributed by atoms with Gasteiger partial charge < -0.3 is 5.73 Å². The normalized spacial score (nSPS) is 23.0. The van der Waals surface area contributed by atoms with E-state index < -0.39 is 0 Å². The molecule has 1 fully saturated rings. The molecule has 1 aromatic heterocycles. The largest absolute Gasteiger partial charge is 0.385 e. The SMILES string of the molecule is CSC1CCCC1n1c(N)cc2ccccc2c1=O. The van der Waals surface area contributed by atoms with Crippen molar-refractivity contribution in [3.63, 3.8) is 0 Å². The predicted molar refractivity (Wildman–Crippen MR) is 82.8 cm³/mol. The Morgan fingerprint density at radius 3 is 2.89 bits per heavy atom. The van der Waals surface area contributed by atoms with Crippen LogP contribution in [-0.2, 0) is 0 Å². The summed E-state index contributed by atoms with van der Waals surface area (Å²) in [5.41, 5.74) is 6.19. The molecule has 2 aromatic rings. The summed E-state index contributed by atoms with van der Waals surface area (Å²) in [6.07, 6.45) is 5.51. The first-order valence-electron chi connectivity index (χ1n) is 6.65. The molecule has 3 rings (SSSR count). The summed E-state index contributed by atoms with van der Waals surface area (Å²) in [5, 5.41) is 2.20. The molecule has 1 aliphatic carbocycles. The van der Waals surface area contributed by atoms with Gasteiger partial charge in [0.25, 0.3) is 5.56 Å². The van der Waals surface area contributed by atoms with Crippen LogP contribution in [0.1, 0.15) is 25.3 Å². The molecule has 4 heteroatoms. The molecular formula is C15H18N2OS. The van der Waals surface area contributed by atoms with E-state index in [1.54, 1.807) is 0 Å². The summed E-state index contributed by atoms with van der Waals surface area (Å²) in [6.45, 7) is 0. The first-order valence-corrected chi connectivity index (χ1v) is 7.93. The minimum Gasteiger partial charge on any atom is -0.385 e. The van der Waals surface area contributed by atoms with Crippen LogP contribution in [0.3, 0.4) is 0 Å². The van der Waals surface area contributed by atoms with Crippen molar-refractivity contribution in [2.24, 2.45) is 0 Å². The number of nitrogens with zero attached hydrogens (tertiary/aromatic N) is 1. The minimum atomic E-state index is 0.0570. The molecule has 1 aromatic carbocycles. The molecule has 1 saturated carbocycles. The monoisotopic (exact) mass is 274 g/mol. The summed E-state index contributed by atoms with van der Waals surface area (Å²) >= 11 is 1.84. The van der Waals surface area contributed by atoms with Crippen molar-refractivity contribution in [2.75, 3.05) is 12.0 Å². The van der Waals surface area contributed by atoms with Crippen LogP contribution in [0.15, 0.2) is 35.1 Å². The number of fused-ring (bicyclic) bond motifs is 1. The Labute approximate surface area is 116 Å². The molecule has 2 N–H and O–H groups in total. The van der Waals surface area contributed by atoms with Gasteiger partial charge in [-0.1, -0.05) is 24.6 Å². The van der Waals surface area contributed by atoms with Gasteiger partial charge in [-0.25, -0.2) is 0 Å². The third-order valence-corrected chi connectivity index (χ3v) is 5.20. The van der Waals surface area contributed by atoms with Crippen molar-refractivity contribution in [2.45, 2.75) is 30.6 Å². The molecule has 2 unspecified atom stereocenters. The first-order chi connectivity index (χ1) is 9.22. The smallest absolute Gasteiger partial charge is 0.260 e. The van der Waals surface area contributed by atoms with Gasteiger partial charge in [-0.05, 0) is 36.6 Å². The Bertz CT molecular complexity index is 665. The maximum absolute atomic E-state index is 12.7. The van der Waals surface area contributed by atoms with Crippen molar-refractivity contribution in [3.8, 4) is 0 Å². The van der Waals surface area contributed by atoms with Gasteiger partial charge in [0.05, 0.1) is 6.04 Å². The quantitative estimate of drug-likeness (QED) is 0.915. The fourth-order valence-electron chi connectivity index (χ4n) is 3.11. The summed E-state index contributed by atoms with van der Waals surface area (Å²) in [7, 11) is 0. The Morgan fingerprint density at radius 2 is 2.11 bits per heavy atom. The second-order valence-electron chi connectivity index (χ2n) is 5.10. The summed E-state index contributed by atoms with van der Waals surface area (Å²) in [4.78, 5) is 12.7. The van der Waals surface area contributed by atoms with E-state index in [4.69, 9.17) is 5.73 Å². The predicted octanol–water partition coefficient (Wildman–Crippen LogP) is 3.04. The number of anilines is 1. The Hall–Kier alpha value is -1.42. The number of hydrogen-bond acceptors (Lipinski definition) is 3. The highest BCUT2D eigenvalue weighted by atomic mass is 32.2. The van der Waals surface area contributed by atoms with E-state index in [1.165, 1.54) is 12.8 Å². The molecule has 1 aliphatic rings. The highest BCUT2D eigenvalue weighted by molar-refractivity contribution is 7.99. The van der Waals surface area contributed by atoms with Gasteiger partial charge in [0.1, 0.15) is 5.82 Å². The molecule has 0 aliphatic heterocycles. The minimum absolute atomic E-state index is 0.0570. The lowest BCUT2D eigenvalue weighted by molar-refractivity contribution is 0.522. The molecule has 0 spiro atoms. The lowest BCUT2D eigenvalue weighted by atomic mass is 10.1. The van der Waals surface area contributed by atoms with Crippen molar-refractivity contribution >= 4 is 28.4 Å². The lowest BCUT2D eigenvalue weighted by Gasteiger charge is -2.23. The molecule has 1 heterocycles. The van der Waals surface area contributed by atoms with Gasteiger partial charge in [-0.3, -0.25) is 9.36 Å². The van der Waals surface area contributed by atoms with Crippen LogP contribution in [-0.4, -0.2) is 16.1 Å². The summed E-state index contributed by atoms with van der Waals surface area (Å²) in [6, 6.07) is 9.84. The van der Waals surface area contributed by atoms with E-state index >= 15 is 0 Å². The zero-order valence-corrected chi connectivity index (χ0v) is 11.8. The molecule has 3 nitrogen and oxygen atoms in total. The first kappa shape index (κ1) is 12.6. The molecule has 0 saturated heterocycles. The maximum Gasteiger partial charge on any atom is 0.260 e. The average Bonchev–Trinajstić information content (AvgIpc) is 2.87. The van der Waals surface area contributed by atoms with Gasteiger partial charge in [-0.2, -0.15) is 11.8 Å². The standard InChI is InChI=1S/C15H18N2OS/c1-19-13-8-4-7-12(13)17-14(16)9-10-5-2-3-6-11(10)15(17)18/h2-3,5-6,9,12-13H,4,7-8,16H2,1H3. The van der Waals surface area contributed by atoms with E-state index in [1.807, 2.05) is 46.7 Å². The third-order valence-electron chi connectivity index (χ3n) is 4.04. The number of pyridine rings is 1. The van der Waals surface area contributed by atoms with Gasteiger partial charge in [0.2, 0.25) is 0 Å². The van der Waals surface area contributed by atoms with Crippen LogP contribution in [0, 0.1) is 0 Å². The molecule has 19 heavy (non-hydrogen) atoms. The Morgan fingerprint density at radius 1 is 1.32 bits per heavy atom. The van der Waals surface area contributed by atoms with E-state index in [0.29, 0.717) is 11.1 Å². The average molecular weight is 274 g/mol. The van der Waals surface area contributed by atoms with E-state index in [9.17, 15) is 4.79 Å². The van der Waals surface area contributed by atoms with Gasteiger partial charge in [0, 0.05) is 10.6 Å².